The highest BCUT2D eigenvalue weighted by Gasteiger charge is 2.16. The van der Waals surface area contributed by atoms with Crippen molar-refractivity contribution in [1.82, 2.24) is 4.98 Å². The van der Waals surface area contributed by atoms with E-state index in [0.29, 0.717) is 16.7 Å². The maximum Gasteiger partial charge on any atom is 0.238 e. The summed E-state index contributed by atoms with van der Waals surface area (Å²) in [5.41, 5.74) is 0.367. The fourth-order valence-electron chi connectivity index (χ4n) is 1.55. The van der Waals surface area contributed by atoms with Crippen LogP contribution in [0.5, 0.6) is 5.75 Å². The molecule has 0 aliphatic heterocycles. The van der Waals surface area contributed by atoms with Gasteiger partial charge in [-0.1, -0.05) is 11.6 Å². The highest BCUT2D eigenvalue weighted by molar-refractivity contribution is 7.89. The third kappa shape index (κ3) is 2.19. The average Bonchev–Trinajstić information content (AvgIpc) is 2.26. The van der Waals surface area contributed by atoms with Crippen LogP contribution >= 0.6 is 11.6 Å². The number of methoxy groups -OCH3 is 1. The highest BCUT2D eigenvalue weighted by Crippen LogP contribution is 2.29. The Labute approximate surface area is 103 Å². The Kier molecular flexibility index (Phi) is 2.94. The van der Waals surface area contributed by atoms with Crippen molar-refractivity contribution in [2.24, 2.45) is 5.14 Å². The first-order chi connectivity index (χ1) is 7.93. The van der Waals surface area contributed by atoms with E-state index in [1.165, 1.54) is 25.3 Å². The monoisotopic (exact) mass is 272 g/mol. The number of pyridine rings is 1. The molecule has 0 amide bonds. The van der Waals surface area contributed by atoms with Gasteiger partial charge in [0.15, 0.2) is 0 Å². The van der Waals surface area contributed by atoms with Gasteiger partial charge in [-0.2, -0.15) is 0 Å². The second kappa shape index (κ2) is 4.14. The summed E-state index contributed by atoms with van der Waals surface area (Å²) in [5, 5.41) is 5.76. The molecule has 0 saturated heterocycles. The van der Waals surface area contributed by atoms with Gasteiger partial charge in [-0.3, -0.25) is 0 Å². The van der Waals surface area contributed by atoms with Crippen molar-refractivity contribution in [3.8, 4) is 5.75 Å². The lowest BCUT2D eigenvalue weighted by molar-refractivity contribution is 0.418. The third-order valence-electron chi connectivity index (χ3n) is 2.27. The Balaban J connectivity index is 2.93. The summed E-state index contributed by atoms with van der Waals surface area (Å²) in [4.78, 5) is 4.04. The van der Waals surface area contributed by atoms with Crippen LogP contribution in [0.15, 0.2) is 29.2 Å². The molecule has 0 aliphatic carbocycles. The first-order valence-electron chi connectivity index (χ1n) is 4.59. The molecule has 0 aliphatic rings. The van der Waals surface area contributed by atoms with Crippen LogP contribution in [0.4, 0.5) is 0 Å². The van der Waals surface area contributed by atoms with Crippen LogP contribution < -0.4 is 9.88 Å². The number of fused-ring (bicyclic) bond motifs is 1. The number of hydrogen-bond acceptors (Lipinski definition) is 4. The van der Waals surface area contributed by atoms with Crippen molar-refractivity contribution in [1.29, 1.82) is 0 Å². The minimum atomic E-state index is -3.81. The number of aromatic nitrogens is 1. The van der Waals surface area contributed by atoms with Crippen molar-refractivity contribution in [3.05, 3.63) is 29.4 Å². The zero-order valence-corrected chi connectivity index (χ0v) is 10.4. The van der Waals surface area contributed by atoms with Crippen LogP contribution in [0.2, 0.25) is 5.15 Å². The van der Waals surface area contributed by atoms with Crippen molar-refractivity contribution >= 4 is 32.5 Å². The van der Waals surface area contributed by atoms with Crippen LogP contribution in [0, 0.1) is 0 Å². The molecule has 17 heavy (non-hydrogen) atoms. The van der Waals surface area contributed by atoms with E-state index in [1.54, 1.807) is 6.07 Å². The van der Waals surface area contributed by atoms with Gasteiger partial charge in [-0.25, -0.2) is 18.5 Å². The lowest BCUT2D eigenvalue weighted by Crippen LogP contribution is -2.12. The zero-order valence-electron chi connectivity index (χ0n) is 8.84. The summed E-state index contributed by atoms with van der Waals surface area (Å²) in [7, 11) is -2.34. The molecule has 0 atom stereocenters. The maximum atomic E-state index is 11.4. The van der Waals surface area contributed by atoms with E-state index in [-0.39, 0.29) is 10.0 Å². The van der Waals surface area contributed by atoms with Crippen LogP contribution in [-0.4, -0.2) is 20.5 Å². The summed E-state index contributed by atoms with van der Waals surface area (Å²) in [5.74, 6) is 0.440. The topological polar surface area (TPSA) is 82.3 Å². The number of halogens is 1. The van der Waals surface area contributed by atoms with E-state index in [1.807, 2.05) is 0 Å². The van der Waals surface area contributed by atoms with Gasteiger partial charge in [0.25, 0.3) is 0 Å². The zero-order chi connectivity index (χ0) is 12.6. The van der Waals surface area contributed by atoms with Crippen LogP contribution in [0.25, 0.3) is 10.9 Å². The van der Waals surface area contributed by atoms with E-state index < -0.39 is 10.0 Å². The van der Waals surface area contributed by atoms with E-state index in [0.717, 1.165) is 0 Å². The van der Waals surface area contributed by atoms with Gasteiger partial charge in [-0.15, -0.1) is 0 Å². The van der Waals surface area contributed by atoms with Gasteiger partial charge in [0, 0.05) is 5.39 Å². The second-order valence-corrected chi connectivity index (χ2v) is 5.26. The largest absolute Gasteiger partial charge is 0.494 e. The van der Waals surface area contributed by atoms with E-state index in [9.17, 15) is 8.42 Å². The number of benzene rings is 1. The number of nitrogens with zero attached hydrogens (tertiary/aromatic N) is 1. The number of primary sulfonamides is 1. The number of nitrogens with two attached hydrogens (primary N) is 1. The van der Waals surface area contributed by atoms with E-state index in [4.69, 9.17) is 21.5 Å². The molecular formula is C10H9ClN2O3S. The van der Waals surface area contributed by atoms with Gasteiger partial charge in [0.1, 0.15) is 16.4 Å². The number of ether oxygens (including phenoxy) is 1. The fourth-order valence-corrected chi connectivity index (χ4v) is 2.43. The Morgan fingerprint density at radius 2 is 2.00 bits per heavy atom. The van der Waals surface area contributed by atoms with E-state index >= 15 is 0 Å². The van der Waals surface area contributed by atoms with Gasteiger partial charge in [0.2, 0.25) is 10.0 Å². The molecule has 0 unspecified atom stereocenters. The molecule has 7 heteroatoms. The molecule has 1 aromatic carbocycles. The Bertz CT molecular complexity index is 685. The molecule has 0 radical (unpaired) electrons. The highest BCUT2D eigenvalue weighted by atomic mass is 35.5. The minimum Gasteiger partial charge on any atom is -0.494 e. The number of rotatable bonds is 2. The van der Waals surface area contributed by atoms with Crippen LogP contribution in [0.1, 0.15) is 0 Å². The summed E-state index contributed by atoms with van der Waals surface area (Å²) in [6, 6.07) is 5.92. The summed E-state index contributed by atoms with van der Waals surface area (Å²) in [6.07, 6.45) is 0. The molecule has 90 valence electrons. The molecule has 5 nitrogen and oxygen atoms in total. The fraction of sp³-hybridized carbons (Fsp3) is 0.100. The minimum absolute atomic E-state index is 0.00235. The second-order valence-electron chi connectivity index (χ2n) is 3.34. The third-order valence-corrected chi connectivity index (χ3v) is 3.45. The molecule has 2 rings (SSSR count). The average molecular weight is 273 g/mol. The molecule has 1 heterocycles. The van der Waals surface area contributed by atoms with Gasteiger partial charge in [-0.05, 0) is 24.3 Å². The van der Waals surface area contributed by atoms with Crippen molar-refractivity contribution in [3.63, 3.8) is 0 Å². The van der Waals surface area contributed by atoms with Crippen LogP contribution in [-0.2, 0) is 10.0 Å². The molecule has 0 saturated carbocycles. The molecule has 0 spiro atoms. The Morgan fingerprint density at radius 1 is 1.29 bits per heavy atom. The maximum absolute atomic E-state index is 11.4. The predicted octanol–water partition coefficient (Wildman–Crippen LogP) is 1.54. The van der Waals surface area contributed by atoms with Crippen LogP contribution in [0.3, 0.4) is 0 Å². The summed E-state index contributed by atoms with van der Waals surface area (Å²) >= 11 is 5.77. The smallest absolute Gasteiger partial charge is 0.238 e. The van der Waals surface area contributed by atoms with Crippen molar-refractivity contribution in [2.45, 2.75) is 4.90 Å². The number of sulfonamides is 1. The molecule has 1 aromatic heterocycles. The molecular weight excluding hydrogens is 264 g/mol. The van der Waals surface area contributed by atoms with Gasteiger partial charge >= 0.3 is 0 Å². The van der Waals surface area contributed by atoms with Gasteiger partial charge < -0.3 is 4.74 Å². The standard InChI is InChI=1S/C10H9ClN2O3S/c1-16-7-3-4-8(17(12,14)15)6-2-5-9(11)13-10(6)7/h2-5H,1H3,(H2,12,14,15). The first-order valence-corrected chi connectivity index (χ1v) is 6.52. The Hall–Kier alpha value is -1.37. The SMILES string of the molecule is COc1ccc(S(N)(=O)=O)c2ccc(Cl)nc12. The molecule has 2 aromatic rings. The normalized spacial score (nSPS) is 11.7. The summed E-state index contributed by atoms with van der Waals surface area (Å²) < 4.78 is 27.9. The Morgan fingerprint density at radius 3 is 2.59 bits per heavy atom. The van der Waals surface area contributed by atoms with Crippen molar-refractivity contribution in [2.75, 3.05) is 7.11 Å². The van der Waals surface area contributed by atoms with Crippen molar-refractivity contribution < 1.29 is 13.2 Å². The molecule has 0 fully saturated rings. The lowest BCUT2D eigenvalue weighted by atomic mass is 10.2. The molecule has 0 bridgehead atoms. The van der Waals surface area contributed by atoms with Gasteiger partial charge in [0.05, 0.1) is 12.0 Å². The quantitative estimate of drug-likeness (QED) is 0.841. The number of hydrogen-bond donors (Lipinski definition) is 1. The first kappa shape index (κ1) is 12.1. The summed E-state index contributed by atoms with van der Waals surface area (Å²) in [6.45, 7) is 0. The lowest BCUT2D eigenvalue weighted by Gasteiger charge is -2.08. The molecule has 2 N–H and O–H groups in total. The van der Waals surface area contributed by atoms with E-state index in [2.05, 4.69) is 4.98 Å². The predicted molar refractivity (Wildman–Crippen MR) is 64.7 cm³/mol.